The molecule has 1 heterocycles. The van der Waals surface area contributed by atoms with Crippen molar-refractivity contribution >= 4 is 5.69 Å². The largest absolute Gasteiger partial charge is 0.491 e. The van der Waals surface area contributed by atoms with E-state index in [-0.39, 0.29) is 12.7 Å². The predicted molar refractivity (Wildman–Crippen MR) is 83.2 cm³/mol. The summed E-state index contributed by atoms with van der Waals surface area (Å²) in [5.41, 5.74) is 6.31. The number of rotatable bonds is 6. The molecule has 0 radical (unpaired) electrons. The Kier molecular flexibility index (Phi) is 5.85. The SMILES string of the molecule is CC(O)C1CCN(CC(O)COc2ccc(N)cc2)CC1. The highest BCUT2D eigenvalue weighted by Crippen LogP contribution is 2.20. The lowest BCUT2D eigenvalue weighted by Crippen LogP contribution is -2.42. The maximum atomic E-state index is 10.1. The van der Waals surface area contributed by atoms with Crippen LogP contribution in [0.4, 0.5) is 5.69 Å². The number of ether oxygens (including phenoxy) is 1. The van der Waals surface area contributed by atoms with E-state index in [0.717, 1.165) is 31.7 Å². The zero-order chi connectivity index (χ0) is 15.2. The number of aliphatic hydroxyl groups excluding tert-OH is 2. The molecule has 5 nitrogen and oxygen atoms in total. The molecule has 0 spiro atoms. The first-order valence-corrected chi connectivity index (χ1v) is 7.61. The van der Waals surface area contributed by atoms with Gasteiger partial charge in [-0.25, -0.2) is 0 Å². The van der Waals surface area contributed by atoms with Crippen LogP contribution in [0.5, 0.6) is 5.75 Å². The Balaban J connectivity index is 1.68. The molecule has 1 aliphatic rings. The van der Waals surface area contributed by atoms with Gasteiger partial charge in [0.1, 0.15) is 18.5 Å². The van der Waals surface area contributed by atoms with Crippen LogP contribution in [-0.4, -0.2) is 53.6 Å². The van der Waals surface area contributed by atoms with Crippen LogP contribution in [0.15, 0.2) is 24.3 Å². The highest BCUT2D eigenvalue weighted by atomic mass is 16.5. The number of β-amino-alcohol motifs (C(OH)–C–C–N with tert-alkyl or cyclic N) is 1. The lowest BCUT2D eigenvalue weighted by molar-refractivity contribution is 0.0336. The van der Waals surface area contributed by atoms with Crippen molar-refractivity contribution in [2.24, 2.45) is 5.92 Å². The highest BCUT2D eigenvalue weighted by Gasteiger charge is 2.23. The maximum Gasteiger partial charge on any atom is 0.119 e. The van der Waals surface area contributed by atoms with Crippen LogP contribution < -0.4 is 10.5 Å². The standard InChI is InChI=1S/C16H26N2O3/c1-12(19)13-6-8-18(9-7-13)10-15(20)11-21-16-4-2-14(17)3-5-16/h2-5,12-13,15,19-20H,6-11,17H2,1H3. The average molecular weight is 294 g/mol. The Labute approximate surface area is 126 Å². The van der Waals surface area contributed by atoms with Crippen LogP contribution in [0.3, 0.4) is 0 Å². The Morgan fingerprint density at radius 1 is 1.24 bits per heavy atom. The third kappa shape index (κ3) is 5.19. The van der Waals surface area contributed by atoms with Crippen molar-refractivity contribution in [2.75, 3.05) is 32.0 Å². The van der Waals surface area contributed by atoms with Crippen LogP contribution in [0.2, 0.25) is 0 Å². The highest BCUT2D eigenvalue weighted by molar-refractivity contribution is 5.41. The zero-order valence-corrected chi connectivity index (χ0v) is 12.6. The van der Waals surface area contributed by atoms with E-state index in [1.54, 1.807) is 24.3 Å². The third-order valence-corrected chi connectivity index (χ3v) is 4.11. The molecule has 2 atom stereocenters. The first kappa shape index (κ1) is 16.1. The summed E-state index contributed by atoms with van der Waals surface area (Å²) in [6.45, 7) is 4.60. The number of aliphatic hydroxyl groups is 2. The summed E-state index contributed by atoms with van der Waals surface area (Å²) >= 11 is 0. The average Bonchev–Trinajstić information content (AvgIpc) is 2.47. The summed E-state index contributed by atoms with van der Waals surface area (Å²) in [5.74, 6) is 1.11. The minimum absolute atomic E-state index is 0.231. The fourth-order valence-electron chi connectivity index (χ4n) is 2.73. The van der Waals surface area contributed by atoms with E-state index in [9.17, 15) is 10.2 Å². The van der Waals surface area contributed by atoms with Crippen LogP contribution in [0, 0.1) is 5.92 Å². The van der Waals surface area contributed by atoms with E-state index in [1.165, 1.54) is 0 Å². The number of nitrogens with two attached hydrogens (primary N) is 1. The third-order valence-electron chi connectivity index (χ3n) is 4.11. The number of hydrogen-bond donors (Lipinski definition) is 3. The van der Waals surface area contributed by atoms with Crippen molar-refractivity contribution in [3.8, 4) is 5.75 Å². The fourth-order valence-corrected chi connectivity index (χ4v) is 2.73. The molecule has 1 aromatic rings. The topological polar surface area (TPSA) is 79.0 Å². The molecule has 21 heavy (non-hydrogen) atoms. The Morgan fingerprint density at radius 2 is 1.86 bits per heavy atom. The second kappa shape index (κ2) is 7.64. The monoisotopic (exact) mass is 294 g/mol. The van der Waals surface area contributed by atoms with Crippen LogP contribution in [0.1, 0.15) is 19.8 Å². The summed E-state index contributed by atoms with van der Waals surface area (Å²) < 4.78 is 5.55. The van der Waals surface area contributed by atoms with Gasteiger partial charge in [0, 0.05) is 12.2 Å². The molecule has 5 heteroatoms. The fraction of sp³-hybridized carbons (Fsp3) is 0.625. The first-order valence-electron chi connectivity index (χ1n) is 7.61. The minimum atomic E-state index is -0.509. The molecule has 1 aliphatic heterocycles. The summed E-state index contributed by atoms with van der Waals surface area (Å²) in [5, 5.41) is 19.6. The maximum absolute atomic E-state index is 10.1. The van der Waals surface area contributed by atoms with Gasteiger partial charge in [-0.05, 0) is 63.0 Å². The summed E-state index contributed by atoms with van der Waals surface area (Å²) in [6, 6.07) is 7.16. The number of benzene rings is 1. The van der Waals surface area contributed by atoms with Crippen molar-refractivity contribution in [1.29, 1.82) is 0 Å². The van der Waals surface area contributed by atoms with Crippen molar-refractivity contribution in [3.05, 3.63) is 24.3 Å². The molecule has 0 amide bonds. The van der Waals surface area contributed by atoms with Gasteiger partial charge in [0.25, 0.3) is 0 Å². The van der Waals surface area contributed by atoms with Crippen molar-refractivity contribution in [2.45, 2.75) is 32.0 Å². The Bertz CT molecular complexity index is 414. The molecule has 0 aromatic heterocycles. The molecule has 1 fully saturated rings. The smallest absolute Gasteiger partial charge is 0.119 e. The van der Waals surface area contributed by atoms with E-state index in [4.69, 9.17) is 10.5 Å². The summed E-state index contributed by atoms with van der Waals surface area (Å²) in [7, 11) is 0. The number of anilines is 1. The second-order valence-corrected chi connectivity index (χ2v) is 5.91. The summed E-state index contributed by atoms with van der Waals surface area (Å²) in [6.07, 6.45) is 1.24. The lowest BCUT2D eigenvalue weighted by Gasteiger charge is -2.34. The van der Waals surface area contributed by atoms with Gasteiger partial charge < -0.3 is 25.6 Å². The Morgan fingerprint density at radius 3 is 2.43 bits per heavy atom. The number of piperidine rings is 1. The van der Waals surface area contributed by atoms with Gasteiger partial charge >= 0.3 is 0 Å². The molecule has 0 bridgehead atoms. The van der Waals surface area contributed by atoms with Gasteiger partial charge in [-0.3, -0.25) is 0 Å². The number of nitrogens with zero attached hydrogens (tertiary/aromatic N) is 1. The summed E-state index contributed by atoms with van der Waals surface area (Å²) in [4.78, 5) is 2.23. The Hall–Kier alpha value is -1.30. The second-order valence-electron chi connectivity index (χ2n) is 5.91. The van der Waals surface area contributed by atoms with Gasteiger partial charge in [0.05, 0.1) is 6.10 Å². The van der Waals surface area contributed by atoms with Gasteiger partial charge in [0.2, 0.25) is 0 Å². The molecular formula is C16H26N2O3. The number of nitrogen functional groups attached to an aromatic ring is 1. The molecule has 0 saturated carbocycles. The molecule has 4 N–H and O–H groups in total. The number of hydrogen-bond acceptors (Lipinski definition) is 5. The van der Waals surface area contributed by atoms with E-state index in [0.29, 0.717) is 18.2 Å². The normalized spacial score (nSPS) is 20.1. The quantitative estimate of drug-likeness (QED) is 0.685. The number of likely N-dealkylation sites (tertiary alicyclic amines) is 1. The van der Waals surface area contributed by atoms with E-state index < -0.39 is 6.10 Å². The van der Waals surface area contributed by atoms with E-state index in [1.807, 2.05) is 6.92 Å². The van der Waals surface area contributed by atoms with Crippen LogP contribution >= 0.6 is 0 Å². The predicted octanol–water partition coefficient (Wildman–Crippen LogP) is 1.10. The van der Waals surface area contributed by atoms with Gasteiger partial charge in [-0.15, -0.1) is 0 Å². The van der Waals surface area contributed by atoms with Gasteiger partial charge in [-0.2, -0.15) is 0 Å². The van der Waals surface area contributed by atoms with Gasteiger partial charge in [0.15, 0.2) is 0 Å². The zero-order valence-electron chi connectivity index (χ0n) is 12.6. The molecule has 2 unspecified atom stereocenters. The molecule has 0 aliphatic carbocycles. The van der Waals surface area contributed by atoms with Crippen LogP contribution in [0.25, 0.3) is 0 Å². The molecule has 1 aromatic carbocycles. The molecule has 1 saturated heterocycles. The molecular weight excluding hydrogens is 268 g/mol. The lowest BCUT2D eigenvalue weighted by atomic mass is 9.92. The minimum Gasteiger partial charge on any atom is -0.491 e. The van der Waals surface area contributed by atoms with Crippen molar-refractivity contribution in [3.63, 3.8) is 0 Å². The molecule has 2 rings (SSSR count). The van der Waals surface area contributed by atoms with E-state index in [2.05, 4.69) is 4.90 Å². The van der Waals surface area contributed by atoms with Gasteiger partial charge in [-0.1, -0.05) is 0 Å². The van der Waals surface area contributed by atoms with E-state index >= 15 is 0 Å². The molecule has 118 valence electrons. The van der Waals surface area contributed by atoms with Crippen molar-refractivity contribution in [1.82, 2.24) is 4.90 Å². The van der Waals surface area contributed by atoms with Crippen molar-refractivity contribution < 1.29 is 14.9 Å². The first-order chi connectivity index (χ1) is 10.0. The van der Waals surface area contributed by atoms with Crippen LogP contribution in [-0.2, 0) is 0 Å².